The average molecular weight is 234 g/mol. The third kappa shape index (κ3) is 4.19. The van der Waals surface area contributed by atoms with E-state index < -0.39 is 0 Å². The molecule has 0 aliphatic heterocycles. The third-order valence-corrected chi connectivity index (χ3v) is 5.18. The van der Waals surface area contributed by atoms with Gasteiger partial charge in [-0.2, -0.15) is 0 Å². The molecule has 1 heteroatoms. The van der Waals surface area contributed by atoms with Gasteiger partial charge in [-0.15, -0.1) is 12.6 Å². The predicted octanol–water partition coefficient (Wildman–Crippen LogP) is 5.30. The van der Waals surface area contributed by atoms with E-state index in [1.807, 2.05) is 0 Å². The first-order valence-electron chi connectivity index (χ1n) is 7.90. The summed E-state index contributed by atoms with van der Waals surface area (Å²) in [5.41, 5.74) is 0. The van der Waals surface area contributed by atoms with Gasteiger partial charge in [0.2, 0.25) is 0 Å². The number of hydrogen-bond donors (Lipinski definition) is 0. The summed E-state index contributed by atoms with van der Waals surface area (Å²) in [6, 6.07) is 0. The van der Waals surface area contributed by atoms with Crippen LogP contribution in [0.1, 0.15) is 78.1 Å². The van der Waals surface area contributed by atoms with Gasteiger partial charge in [-0.3, -0.25) is 0 Å². The smallest absolute Gasteiger partial charge is 0.126 e. The molecule has 0 nitrogen and oxygen atoms in total. The molecule has 0 heterocycles. The van der Waals surface area contributed by atoms with Crippen LogP contribution >= 0.6 is 0 Å². The van der Waals surface area contributed by atoms with Crippen LogP contribution in [0.4, 0.5) is 0 Å². The van der Waals surface area contributed by atoms with Crippen LogP contribution in [-0.4, -0.2) is 7.28 Å². The molecule has 1 aliphatic carbocycles. The van der Waals surface area contributed by atoms with Crippen molar-refractivity contribution in [2.45, 2.75) is 83.4 Å². The molecule has 0 N–H and O–H groups in total. The van der Waals surface area contributed by atoms with E-state index >= 15 is 0 Å². The Kier molecular flexibility index (Phi) is 7.00. The van der Waals surface area contributed by atoms with Gasteiger partial charge in [-0.05, 0) is 11.2 Å². The Morgan fingerprint density at radius 3 is 1.88 bits per heavy atom. The van der Waals surface area contributed by atoms with E-state index in [2.05, 4.69) is 26.4 Å². The van der Waals surface area contributed by atoms with Gasteiger partial charge in [0, 0.05) is 0 Å². The molecule has 0 bridgehead atoms. The Hall–Kier alpha value is -0.195. The Bertz CT molecular complexity index is 196. The van der Waals surface area contributed by atoms with Gasteiger partial charge in [0.25, 0.3) is 0 Å². The van der Waals surface area contributed by atoms with E-state index in [-0.39, 0.29) is 0 Å². The van der Waals surface area contributed by atoms with E-state index in [4.69, 9.17) is 0 Å². The summed E-state index contributed by atoms with van der Waals surface area (Å²) >= 11 is 0. The second-order valence-corrected chi connectivity index (χ2v) is 5.96. The molecule has 0 unspecified atom stereocenters. The van der Waals surface area contributed by atoms with Gasteiger partial charge in [-0.1, -0.05) is 78.1 Å². The van der Waals surface area contributed by atoms with Crippen LogP contribution in [0.15, 0.2) is 12.6 Å². The van der Waals surface area contributed by atoms with Crippen LogP contribution in [-0.2, 0) is 0 Å². The monoisotopic (exact) mass is 234 g/mol. The highest BCUT2D eigenvalue weighted by molar-refractivity contribution is 6.46. The molecular weight excluding hydrogens is 203 g/mol. The zero-order chi connectivity index (χ0) is 12.6. The van der Waals surface area contributed by atoms with Crippen molar-refractivity contribution in [3.05, 3.63) is 12.6 Å². The molecule has 1 rings (SSSR count). The maximum atomic E-state index is 4.00. The van der Waals surface area contributed by atoms with Gasteiger partial charge in [0.15, 0.2) is 7.28 Å². The molecule has 0 saturated heterocycles. The molecule has 0 aromatic heterocycles. The molecule has 1 saturated carbocycles. The van der Waals surface area contributed by atoms with Crippen LogP contribution in [0.25, 0.3) is 0 Å². The highest BCUT2D eigenvalue weighted by atomic mass is 14.3. The van der Waals surface area contributed by atoms with Crippen molar-refractivity contribution in [3.63, 3.8) is 0 Å². The summed E-state index contributed by atoms with van der Waals surface area (Å²) in [6.45, 7) is 8.77. The third-order valence-electron chi connectivity index (χ3n) is 5.18. The predicted molar refractivity (Wildman–Crippen MR) is 81.0 cm³/mol. The van der Waals surface area contributed by atoms with Crippen LogP contribution < -0.4 is 0 Å². The summed E-state index contributed by atoms with van der Waals surface area (Å²) in [5.74, 6) is 3.12. The zero-order valence-electron chi connectivity index (χ0n) is 12.1. The van der Waals surface area contributed by atoms with Gasteiger partial charge < -0.3 is 0 Å². The fourth-order valence-electron chi connectivity index (χ4n) is 3.82. The standard InChI is InChI=1S/C16H31B/c1-4-16(5-2,17-6-3)15-13-11-9-7-8-10-12-14-15/h6,15,17H,3-5,7-14H2,1-2H3. The lowest BCUT2D eigenvalue weighted by molar-refractivity contribution is 0.285. The molecule has 0 amide bonds. The lowest BCUT2D eigenvalue weighted by atomic mass is 9.44. The Balaban J connectivity index is 2.70. The van der Waals surface area contributed by atoms with Crippen LogP contribution in [0.2, 0.25) is 5.31 Å². The van der Waals surface area contributed by atoms with E-state index in [0.717, 1.165) is 5.92 Å². The van der Waals surface area contributed by atoms with Crippen molar-refractivity contribution in [2.24, 2.45) is 5.92 Å². The Labute approximate surface area is 110 Å². The molecule has 1 fully saturated rings. The summed E-state index contributed by atoms with van der Waals surface area (Å²) in [6.07, 6.45) is 14.4. The summed E-state index contributed by atoms with van der Waals surface area (Å²) in [4.78, 5) is 0. The average Bonchev–Trinajstić information content (AvgIpc) is 2.50. The van der Waals surface area contributed by atoms with E-state index in [9.17, 15) is 0 Å². The second-order valence-electron chi connectivity index (χ2n) is 5.96. The van der Waals surface area contributed by atoms with Gasteiger partial charge in [0.05, 0.1) is 0 Å². The molecule has 98 valence electrons. The first-order valence-corrected chi connectivity index (χ1v) is 7.90. The Morgan fingerprint density at radius 1 is 1.00 bits per heavy atom. The van der Waals surface area contributed by atoms with Crippen molar-refractivity contribution in [2.75, 3.05) is 0 Å². The lowest BCUT2D eigenvalue weighted by Gasteiger charge is -2.39. The van der Waals surface area contributed by atoms with E-state index in [1.165, 1.54) is 71.5 Å². The van der Waals surface area contributed by atoms with Crippen molar-refractivity contribution >= 4 is 7.28 Å². The maximum Gasteiger partial charge on any atom is 0.154 e. The molecule has 17 heavy (non-hydrogen) atoms. The minimum Gasteiger partial charge on any atom is -0.126 e. The molecule has 0 radical (unpaired) electrons. The first kappa shape index (κ1) is 14.9. The van der Waals surface area contributed by atoms with Crippen molar-refractivity contribution in [1.29, 1.82) is 0 Å². The molecule has 0 aromatic carbocycles. The fourth-order valence-corrected chi connectivity index (χ4v) is 3.82. The highest BCUT2D eigenvalue weighted by Crippen LogP contribution is 2.47. The molecular formula is C16H31B. The van der Waals surface area contributed by atoms with Crippen molar-refractivity contribution in [3.8, 4) is 0 Å². The van der Waals surface area contributed by atoms with Gasteiger partial charge in [0.1, 0.15) is 0 Å². The molecule has 0 atom stereocenters. The first-order chi connectivity index (χ1) is 8.29. The normalized spacial score (nSPS) is 20.1. The van der Waals surface area contributed by atoms with Crippen molar-refractivity contribution in [1.82, 2.24) is 0 Å². The summed E-state index contributed by atoms with van der Waals surface area (Å²) in [7, 11) is 1.23. The minimum atomic E-state index is 0.562. The van der Waals surface area contributed by atoms with Gasteiger partial charge >= 0.3 is 0 Å². The highest BCUT2D eigenvalue weighted by Gasteiger charge is 2.34. The van der Waals surface area contributed by atoms with Crippen LogP contribution in [0.5, 0.6) is 0 Å². The van der Waals surface area contributed by atoms with E-state index in [1.54, 1.807) is 0 Å². The molecule has 1 aliphatic rings. The van der Waals surface area contributed by atoms with Crippen LogP contribution in [0, 0.1) is 5.92 Å². The number of rotatable bonds is 5. The quantitative estimate of drug-likeness (QED) is 0.566. The van der Waals surface area contributed by atoms with Crippen molar-refractivity contribution < 1.29 is 0 Å². The largest absolute Gasteiger partial charge is 0.154 e. The van der Waals surface area contributed by atoms with E-state index in [0.29, 0.717) is 5.31 Å². The van der Waals surface area contributed by atoms with Crippen LogP contribution in [0.3, 0.4) is 0 Å². The SMILES string of the molecule is C=CBC(CC)(CC)C1CCCCCCCC1. The fraction of sp³-hybridized carbons (Fsp3) is 0.875. The molecule has 0 aromatic rings. The number of hydrogen-bond acceptors (Lipinski definition) is 0. The van der Waals surface area contributed by atoms with Gasteiger partial charge in [-0.25, -0.2) is 0 Å². The Morgan fingerprint density at radius 2 is 1.47 bits per heavy atom. The lowest BCUT2D eigenvalue weighted by Crippen LogP contribution is -2.28. The topological polar surface area (TPSA) is 0 Å². The zero-order valence-corrected chi connectivity index (χ0v) is 12.1. The summed E-state index contributed by atoms with van der Waals surface area (Å²) < 4.78 is 0. The maximum absolute atomic E-state index is 4.00. The second kappa shape index (κ2) is 8.00. The molecule has 0 spiro atoms. The minimum absolute atomic E-state index is 0.562. The summed E-state index contributed by atoms with van der Waals surface area (Å²) in [5, 5.41) is 0.562.